The molecule has 0 radical (unpaired) electrons. The maximum atomic E-state index is 10.9. The monoisotopic (exact) mass is 391 g/mol. The second kappa shape index (κ2) is 9.45. The quantitative estimate of drug-likeness (QED) is 0.677. The highest BCUT2D eigenvalue weighted by molar-refractivity contribution is 9.10. The van der Waals surface area contributed by atoms with Gasteiger partial charge < -0.3 is 15.2 Å². The Morgan fingerprint density at radius 1 is 1.25 bits per heavy atom. The fourth-order valence-electron chi connectivity index (χ4n) is 2.61. The number of hydrogen-bond acceptors (Lipinski definition) is 3. The first-order valence-corrected chi connectivity index (χ1v) is 8.69. The number of carboxylic acids is 1. The predicted molar refractivity (Wildman–Crippen MR) is 98.3 cm³/mol. The van der Waals surface area contributed by atoms with Crippen LogP contribution >= 0.6 is 15.9 Å². The van der Waals surface area contributed by atoms with E-state index in [1.54, 1.807) is 7.11 Å². The molecule has 2 N–H and O–H groups in total. The van der Waals surface area contributed by atoms with E-state index in [-0.39, 0.29) is 12.5 Å². The first kappa shape index (κ1) is 18.5. The average molecular weight is 392 g/mol. The van der Waals surface area contributed by atoms with Crippen molar-refractivity contribution < 1.29 is 14.6 Å². The molecule has 4 nitrogen and oxygen atoms in total. The molecule has 0 saturated carbocycles. The minimum atomic E-state index is -0.769. The summed E-state index contributed by atoms with van der Waals surface area (Å²) < 4.78 is 6.39. The largest absolute Gasteiger partial charge is 0.496 e. The van der Waals surface area contributed by atoms with Gasteiger partial charge in [0.1, 0.15) is 5.75 Å². The second-order valence-electron chi connectivity index (χ2n) is 5.66. The molecule has 1 atom stereocenters. The van der Waals surface area contributed by atoms with E-state index in [2.05, 4.69) is 33.4 Å². The lowest BCUT2D eigenvalue weighted by atomic mass is 10.0. The lowest BCUT2D eigenvalue weighted by Gasteiger charge is -2.19. The van der Waals surface area contributed by atoms with Gasteiger partial charge >= 0.3 is 5.97 Å². The first-order valence-electron chi connectivity index (χ1n) is 7.90. The molecule has 128 valence electrons. The van der Waals surface area contributed by atoms with Crippen molar-refractivity contribution in [1.82, 2.24) is 5.32 Å². The Morgan fingerprint density at radius 2 is 2.00 bits per heavy atom. The van der Waals surface area contributed by atoms with Gasteiger partial charge in [0.05, 0.1) is 7.11 Å². The van der Waals surface area contributed by atoms with Crippen LogP contribution < -0.4 is 10.1 Å². The third kappa shape index (κ3) is 5.98. The zero-order valence-electron chi connectivity index (χ0n) is 13.7. The van der Waals surface area contributed by atoms with Crippen LogP contribution in [0, 0.1) is 0 Å². The zero-order chi connectivity index (χ0) is 17.4. The summed E-state index contributed by atoms with van der Waals surface area (Å²) in [5, 5.41) is 12.5. The van der Waals surface area contributed by atoms with Crippen molar-refractivity contribution in [2.24, 2.45) is 0 Å². The maximum Gasteiger partial charge on any atom is 0.303 e. The molecule has 2 aromatic rings. The fraction of sp³-hybridized carbons (Fsp3) is 0.316. The van der Waals surface area contributed by atoms with Crippen LogP contribution in [0.15, 0.2) is 53.0 Å². The van der Waals surface area contributed by atoms with Crippen molar-refractivity contribution in [2.75, 3.05) is 7.11 Å². The van der Waals surface area contributed by atoms with Crippen LogP contribution in [0.5, 0.6) is 5.75 Å². The van der Waals surface area contributed by atoms with Crippen LogP contribution in [0.3, 0.4) is 0 Å². The summed E-state index contributed by atoms with van der Waals surface area (Å²) in [6.07, 6.45) is 1.53. The molecular formula is C19H22BrNO3. The normalized spacial score (nSPS) is 11.9. The highest BCUT2D eigenvalue weighted by Crippen LogP contribution is 2.23. The topological polar surface area (TPSA) is 58.6 Å². The molecule has 0 aliphatic heterocycles. The number of aliphatic carboxylic acids is 1. The number of benzene rings is 2. The van der Waals surface area contributed by atoms with Crippen LogP contribution in [0.1, 0.15) is 24.0 Å². The standard InChI is InChI=1S/C19H22BrNO3/c1-24-18-9-7-16(20)12-15(18)13-21-17(8-10-19(22)23)11-14-5-3-2-4-6-14/h2-7,9,12,17,21H,8,10-11,13H2,1H3,(H,22,23). The molecular weight excluding hydrogens is 370 g/mol. The minimum Gasteiger partial charge on any atom is -0.496 e. The molecule has 0 heterocycles. The molecule has 0 spiro atoms. The van der Waals surface area contributed by atoms with Crippen LogP contribution in [-0.2, 0) is 17.8 Å². The Balaban J connectivity index is 2.04. The van der Waals surface area contributed by atoms with Gasteiger partial charge in [-0.15, -0.1) is 0 Å². The molecule has 2 rings (SSSR count). The molecule has 0 bridgehead atoms. The van der Waals surface area contributed by atoms with E-state index in [1.165, 1.54) is 5.56 Å². The molecule has 0 aliphatic rings. The summed E-state index contributed by atoms with van der Waals surface area (Å²) >= 11 is 3.48. The molecule has 5 heteroatoms. The maximum absolute atomic E-state index is 10.9. The van der Waals surface area contributed by atoms with Crippen LogP contribution in [-0.4, -0.2) is 24.2 Å². The van der Waals surface area contributed by atoms with Crippen molar-refractivity contribution >= 4 is 21.9 Å². The summed E-state index contributed by atoms with van der Waals surface area (Å²) in [6, 6.07) is 16.1. The minimum absolute atomic E-state index is 0.0900. The van der Waals surface area contributed by atoms with Gasteiger partial charge in [0.15, 0.2) is 0 Å². The Kier molecular flexibility index (Phi) is 7.28. The first-order chi connectivity index (χ1) is 11.6. The summed E-state index contributed by atoms with van der Waals surface area (Å²) in [7, 11) is 1.65. The molecule has 0 amide bonds. The molecule has 0 aliphatic carbocycles. The molecule has 2 aromatic carbocycles. The summed E-state index contributed by atoms with van der Waals surface area (Å²) in [4.78, 5) is 10.9. The van der Waals surface area contributed by atoms with Crippen molar-refractivity contribution in [3.05, 3.63) is 64.1 Å². The number of rotatable bonds is 9. The van der Waals surface area contributed by atoms with Crippen molar-refractivity contribution in [3.8, 4) is 5.75 Å². The van der Waals surface area contributed by atoms with Gasteiger partial charge in [0.25, 0.3) is 0 Å². The molecule has 0 saturated heterocycles. The van der Waals surface area contributed by atoms with E-state index in [4.69, 9.17) is 9.84 Å². The van der Waals surface area contributed by atoms with E-state index < -0.39 is 5.97 Å². The van der Waals surface area contributed by atoms with Gasteiger partial charge in [-0.2, -0.15) is 0 Å². The average Bonchev–Trinajstić information content (AvgIpc) is 2.58. The SMILES string of the molecule is COc1ccc(Br)cc1CNC(CCC(=O)O)Cc1ccccc1. The van der Waals surface area contributed by atoms with Gasteiger partial charge in [-0.25, -0.2) is 0 Å². The number of nitrogens with one attached hydrogen (secondary N) is 1. The van der Waals surface area contributed by atoms with Crippen LogP contribution in [0.25, 0.3) is 0 Å². The van der Waals surface area contributed by atoms with Gasteiger partial charge in [0.2, 0.25) is 0 Å². The lowest BCUT2D eigenvalue weighted by Crippen LogP contribution is -2.31. The van der Waals surface area contributed by atoms with E-state index in [0.29, 0.717) is 13.0 Å². The van der Waals surface area contributed by atoms with E-state index in [1.807, 2.05) is 36.4 Å². The number of hydrogen-bond donors (Lipinski definition) is 2. The van der Waals surface area contributed by atoms with E-state index in [9.17, 15) is 4.79 Å². The Hall–Kier alpha value is -1.85. The number of halogens is 1. The highest BCUT2D eigenvalue weighted by atomic mass is 79.9. The number of ether oxygens (including phenoxy) is 1. The second-order valence-corrected chi connectivity index (χ2v) is 6.57. The Morgan fingerprint density at radius 3 is 2.67 bits per heavy atom. The smallest absolute Gasteiger partial charge is 0.303 e. The highest BCUT2D eigenvalue weighted by Gasteiger charge is 2.13. The predicted octanol–water partition coefficient (Wildman–Crippen LogP) is 4.02. The lowest BCUT2D eigenvalue weighted by molar-refractivity contribution is -0.137. The number of carboxylic acid groups (broad SMARTS) is 1. The summed E-state index contributed by atoms with van der Waals surface area (Å²) in [6.45, 7) is 0.625. The molecule has 24 heavy (non-hydrogen) atoms. The Labute approximate surface area is 151 Å². The molecule has 0 aromatic heterocycles. The molecule has 1 unspecified atom stereocenters. The molecule has 0 fully saturated rings. The van der Waals surface area contributed by atoms with Gasteiger partial charge in [-0.1, -0.05) is 46.3 Å². The van der Waals surface area contributed by atoms with Gasteiger partial charge in [0, 0.05) is 29.0 Å². The van der Waals surface area contributed by atoms with E-state index >= 15 is 0 Å². The van der Waals surface area contributed by atoms with Gasteiger partial charge in [-0.05, 0) is 36.6 Å². The van der Waals surface area contributed by atoms with Gasteiger partial charge in [-0.3, -0.25) is 4.79 Å². The van der Waals surface area contributed by atoms with Crippen molar-refractivity contribution in [1.29, 1.82) is 0 Å². The summed E-state index contributed by atoms with van der Waals surface area (Å²) in [5.41, 5.74) is 2.24. The van der Waals surface area contributed by atoms with Crippen molar-refractivity contribution in [2.45, 2.75) is 31.8 Å². The Bertz CT molecular complexity index is 661. The van der Waals surface area contributed by atoms with Crippen LogP contribution in [0.2, 0.25) is 0 Å². The van der Waals surface area contributed by atoms with E-state index in [0.717, 1.165) is 22.2 Å². The fourth-order valence-corrected chi connectivity index (χ4v) is 3.02. The third-order valence-corrected chi connectivity index (χ3v) is 4.35. The third-order valence-electron chi connectivity index (χ3n) is 3.86. The number of methoxy groups -OCH3 is 1. The summed E-state index contributed by atoms with van der Waals surface area (Å²) in [5.74, 6) is 0.0530. The van der Waals surface area contributed by atoms with Crippen molar-refractivity contribution in [3.63, 3.8) is 0 Å². The van der Waals surface area contributed by atoms with Crippen LogP contribution in [0.4, 0.5) is 0 Å². The zero-order valence-corrected chi connectivity index (χ0v) is 15.3. The number of carbonyl (C=O) groups is 1.